The van der Waals surface area contributed by atoms with Crippen LogP contribution >= 0.6 is 0 Å². The molecule has 0 unspecified atom stereocenters. The van der Waals surface area contributed by atoms with Crippen LogP contribution < -0.4 is 10.6 Å². The number of amides is 2. The van der Waals surface area contributed by atoms with Gasteiger partial charge in [-0.3, -0.25) is 9.59 Å². The van der Waals surface area contributed by atoms with E-state index in [9.17, 15) is 22.8 Å². The van der Waals surface area contributed by atoms with Crippen LogP contribution in [0.15, 0.2) is 66.7 Å². The lowest BCUT2D eigenvalue weighted by atomic mass is 10.1. The topological polar surface area (TPSA) is 58.2 Å². The zero-order valence-corrected chi connectivity index (χ0v) is 14.5. The molecule has 0 aromatic heterocycles. The fraction of sp³-hybridized carbons (Fsp3) is 0.0476. The first-order valence-electron chi connectivity index (χ1n) is 8.33. The van der Waals surface area contributed by atoms with E-state index in [4.69, 9.17) is 0 Å². The number of anilines is 1. The average molecular weight is 384 g/mol. The summed E-state index contributed by atoms with van der Waals surface area (Å²) in [5.41, 5.74) is 0.715. The Morgan fingerprint density at radius 3 is 2.14 bits per heavy atom. The minimum atomic E-state index is -1.67. The third-order valence-corrected chi connectivity index (χ3v) is 3.97. The second kappa shape index (κ2) is 8.39. The largest absolute Gasteiger partial charge is 0.348 e. The van der Waals surface area contributed by atoms with Gasteiger partial charge in [-0.05, 0) is 35.9 Å². The molecule has 3 aromatic rings. The van der Waals surface area contributed by atoms with Crippen LogP contribution in [0.3, 0.4) is 0 Å². The van der Waals surface area contributed by atoms with Crippen LogP contribution in [0.4, 0.5) is 18.9 Å². The Hall–Kier alpha value is -3.61. The van der Waals surface area contributed by atoms with Crippen LogP contribution in [0.25, 0.3) is 0 Å². The fourth-order valence-electron chi connectivity index (χ4n) is 2.50. The van der Waals surface area contributed by atoms with Crippen molar-refractivity contribution in [3.63, 3.8) is 0 Å². The molecule has 0 atom stereocenters. The third kappa shape index (κ3) is 4.37. The summed E-state index contributed by atoms with van der Waals surface area (Å²) in [5.74, 6) is -5.68. The Morgan fingerprint density at radius 2 is 1.43 bits per heavy atom. The van der Waals surface area contributed by atoms with Crippen molar-refractivity contribution in [1.82, 2.24) is 5.32 Å². The fourth-order valence-corrected chi connectivity index (χ4v) is 2.50. The highest BCUT2D eigenvalue weighted by molar-refractivity contribution is 6.06. The molecule has 0 aliphatic heterocycles. The number of rotatable bonds is 5. The van der Waals surface area contributed by atoms with Gasteiger partial charge in [-0.1, -0.05) is 36.4 Å². The highest BCUT2D eigenvalue weighted by atomic mass is 19.2. The molecular weight excluding hydrogens is 369 g/mol. The van der Waals surface area contributed by atoms with Crippen LogP contribution in [-0.4, -0.2) is 11.8 Å². The van der Waals surface area contributed by atoms with Crippen molar-refractivity contribution in [3.8, 4) is 0 Å². The molecule has 0 aliphatic carbocycles. The van der Waals surface area contributed by atoms with Crippen LogP contribution in [0.5, 0.6) is 0 Å². The van der Waals surface area contributed by atoms with Crippen molar-refractivity contribution in [2.45, 2.75) is 6.54 Å². The molecule has 4 nitrogen and oxygen atoms in total. The van der Waals surface area contributed by atoms with Gasteiger partial charge in [-0.2, -0.15) is 0 Å². The van der Waals surface area contributed by atoms with Crippen molar-refractivity contribution in [1.29, 1.82) is 0 Å². The van der Waals surface area contributed by atoms with Gasteiger partial charge in [0.15, 0.2) is 17.5 Å². The lowest BCUT2D eigenvalue weighted by molar-refractivity contribution is 0.0951. The SMILES string of the molecule is O=C(NCc1ccccc1)c1cccc(C(=O)Nc2ccc(F)c(F)c2F)c1. The number of nitrogens with one attached hydrogen (secondary N) is 2. The maximum absolute atomic E-state index is 13.7. The minimum absolute atomic E-state index is 0.0662. The van der Waals surface area contributed by atoms with Gasteiger partial charge in [0.2, 0.25) is 0 Å². The monoisotopic (exact) mass is 384 g/mol. The van der Waals surface area contributed by atoms with E-state index in [-0.39, 0.29) is 11.1 Å². The van der Waals surface area contributed by atoms with Crippen LogP contribution in [0, 0.1) is 17.5 Å². The average Bonchev–Trinajstić information content (AvgIpc) is 2.73. The van der Waals surface area contributed by atoms with Gasteiger partial charge in [0.05, 0.1) is 5.69 Å². The van der Waals surface area contributed by atoms with Crippen molar-refractivity contribution >= 4 is 17.5 Å². The second-order valence-electron chi connectivity index (χ2n) is 5.93. The Bertz CT molecular complexity index is 1020. The number of benzene rings is 3. The lowest BCUT2D eigenvalue weighted by Crippen LogP contribution is -2.23. The van der Waals surface area contributed by atoms with Crippen molar-refractivity contribution in [2.75, 3.05) is 5.32 Å². The van der Waals surface area contributed by atoms with E-state index >= 15 is 0 Å². The molecule has 0 saturated heterocycles. The molecule has 0 heterocycles. The third-order valence-electron chi connectivity index (χ3n) is 3.97. The summed E-state index contributed by atoms with van der Waals surface area (Å²) in [4.78, 5) is 24.6. The molecule has 0 spiro atoms. The summed E-state index contributed by atoms with van der Waals surface area (Å²) >= 11 is 0. The van der Waals surface area contributed by atoms with Crippen LogP contribution in [-0.2, 0) is 6.54 Å². The maximum Gasteiger partial charge on any atom is 0.255 e. The van der Waals surface area contributed by atoms with Gasteiger partial charge in [-0.15, -0.1) is 0 Å². The molecule has 7 heteroatoms. The molecule has 3 rings (SSSR count). The molecule has 0 bridgehead atoms. The molecule has 0 radical (unpaired) electrons. The van der Waals surface area contributed by atoms with Gasteiger partial charge < -0.3 is 10.6 Å². The van der Waals surface area contributed by atoms with Crippen LogP contribution in [0.2, 0.25) is 0 Å². The summed E-state index contributed by atoms with van der Waals surface area (Å²) in [6.07, 6.45) is 0. The second-order valence-corrected chi connectivity index (χ2v) is 5.93. The standard InChI is InChI=1S/C21H15F3N2O2/c22-16-9-10-17(19(24)18(16)23)26-21(28)15-8-4-7-14(11-15)20(27)25-12-13-5-2-1-3-6-13/h1-11H,12H2,(H,25,27)(H,26,28). The van der Waals surface area contributed by atoms with Gasteiger partial charge in [0.1, 0.15) is 0 Å². The summed E-state index contributed by atoms with van der Waals surface area (Å²) in [6.45, 7) is 0.316. The Morgan fingerprint density at radius 1 is 0.750 bits per heavy atom. The van der Waals surface area contributed by atoms with E-state index in [1.54, 1.807) is 0 Å². The number of halogens is 3. The first-order chi connectivity index (χ1) is 13.5. The summed E-state index contributed by atoms with van der Waals surface area (Å²) in [7, 11) is 0. The number of carbonyl (C=O) groups excluding carboxylic acids is 2. The summed E-state index contributed by atoms with van der Waals surface area (Å²) in [5, 5.41) is 4.90. The van der Waals surface area contributed by atoms with Crippen molar-refractivity contribution < 1.29 is 22.8 Å². The van der Waals surface area contributed by atoms with Crippen molar-refractivity contribution in [2.24, 2.45) is 0 Å². The van der Waals surface area contributed by atoms with Crippen molar-refractivity contribution in [3.05, 3.63) is 101 Å². The summed E-state index contributed by atoms with van der Waals surface area (Å²) in [6, 6.07) is 16.7. The van der Waals surface area contributed by atoms with Gasteiger partial charge in [0, 0.05) is 17.7 Å². The van der Waals surface area contributed by atoms with E-state index in [0.29, 0.717) is 12.6 Å². The smallest absolute Gasteiger partial charge is 0.255 e. The van der Waals surface area contributed by atoms with Gasteiger partial charge in [0.25, 0.3) is 11.8 Å². The molecule has 0 aliphatic rings. The van der Waals surface area contributed by atoms with E-state index < -0.39 is 35.0 Å². The lowest BCUT2D eigenvalue weighted by Gasteiger charge is -2.09. The Labute approximate surface area is 159 Å². The Balaban J connectivity index is 1.71. The molecule has 142 valence electrons. The quantitative estimate of drug-likeness (QED) is 0.645. The first kappa shape index (κ1) is 19.2. The molecular formula is C21H15F3N2O2. The highest BCUT2D eigenvalue weighted by Crippen LogP contribution is 2.20. The molecule has 3 aromatic carbocycles. The molecule has 2 amide bonds. The first-order valence-corrected chi connectivity index (χ1v) is 8.33. The summed E-state index contributed by atoms with van der Waals surface area (Å²) < 4.78 is 40.0. The van der Waals surface area contributed by atoms with E-state index in [2.05, 4.69) is 10.6 Å². The number of hydrogen-bond donors (Lipinski definition) is 2. The predicted molar refractivity (Wildman–Crippen MR) is 98.3 cm³/mol. The highest BCUT2D eigenvalue weighted by Gasteiger charge is 2.17. The predicted octanol–water partition coefficient (Wildman–Crippen LogP) is 4.29. The van der Waals surface area contributed by atoms with E-state index in [0.717, 1.165) is 11.6 Å². The number of hydrogen-bond acceptors (Lipinski definition) is 2. The molecule has 2 N–H and O–H groups in total. The normalized spacial score (nSPS) is 10.4. The van der Waals surface area contributed by atoms with E-state index in [1.807, 2.05) is 30.3 Å². The number of carbonyl (C=O) groups is 2. The zero-order chi connectivity index (χ0) is 20.1. The zero-order valence-electron chi connectivity index (χ0n) is 14.5. The van der Waals surface area contributed by atoms with Crippen LogP contribution in [0.1, 0.15) is 26.3 Å². The van der Waals surface area contributed by atoms with Gasteiger partial charge in [-0.25, -0.2) is 13.2 Å². The Kier molecular flexibility index (Phi) is 5.74. The maximum atomic E-state index is 13.7. The molecule has 28 heavy (non-hydrogen) atoms. The minimum Gasteiger partial charge on any atom is -0.348 e. The van der Waals surface area contributed by atoms with E-state index in [1.165, 1.54) is 24.3 Å². The van der Waals surface area contributed by atoms with Gasteiger partial charge >= 0.3 is 0 Å². The molecule has 0 fully saturated rings. The molecule has 0 saturated carbocycles.